The van der Waals surface area contributed by atoms with Crippen molar-refractivity contribution in [2.24, 2.45) is 0 Å². The van der Waals surface area contributed by atoms with Crippen LogP contribution in [0.3, 0.4) is 0 Å². The molecule has 1 aromatic carbocycles. The minimum atomic E-state index is -3.72. The van der Waals surface area contributed by atoms with Crippen LogP contribution in [0.5, 0.6) is 0 Å². The van der Waals surface area contributed by atoms with Crippen molar-refractivity contribution in [3.05, 3.63) is 29.8 Å². The quantitative estimate of drug-likeness (QED) is 0.504. The number of hydrogen-bond donors (Lipinski definition) is 3. The predicted octanol–water partition coefficient (Wildman–Crippen LogP) is -0.221. The molecular weight excluding hydrogens is 232 g/mol. The number of benzene rings is 1. The first-order valence-corrected chi connectivity index (χ1v) is 5.94. The molecule has 6 nitrogen and oxygen atoms in total. The van der Waals surface area contributed by atoms with E-state index in [0.717, 1.165) is 0 Å². The Kier molecular flexibility index (Phi) is 3.99. The van der Waals surface area contributed by atoms with Gasteiger partial charge in [-0.25, -0.2) is 18.6 Å². The van der Waals surface area contributed by atoms with E-state index in [0.29, 0.717) is 5.56 Å². The molecule has 88 valence electrons. The van der Waals surface area contributed by atoms with Gasteiger partial charge in [-0.1, -0.05) is 18.2 Å². The third-order valence-electron chi connectivity index (χ3n) is 1.93. The van der Waals surface area contributed by atoms with Gasteiger partial charge in [0, 0.05) is 0 Å². The minimum absolute atomic E-state index is 0.112. The van der Waals surface area contributed by atoms with Gasteiger partial charge in [0.25, 0.3) is 5.91 Å². The number of hydroxylamine groups is 1. The summed E-state index contributed by atoms with van der Waals surface area (Å²) in [4.78, 5) is 10.8. The molecule has 0 heterocycles. The lowest BCUT2D eigenvalue weighted by molar-refractivity contribution is -0.127. The van der Waals surface area contributed by atoms with E-state index in [1.165, 1.54) is 11.5 Å². The molecular formula is C9H12N2O4S. The van der Waals surface area contributed by atoms with Crippen LogP contribution >= 0.6 is 0 Å². The fraction of sp³-hybridized carbons (Fsp3) is 0.222. The molecule has 0 aliphatic rings. The maximum absolute atomic E-state index is 11.7. The summed E-state index contributed by atoms with van der Waals surface area (Å²) in [6, 6.07) is 6.40. The maximum atomic E-state index is 11.7. The number of hydrogen-bond acceptors (Lipinski definition) is 4. The van der Waals surface area contributed by atoms with Gasteiger partial charge in [-0.05, 0) is 18.6 Å². The van der Waals surface area contributed by atoms with Crippen LogP contribution in [0.1, 0.15) is 5.56 Å². The zero-order chi connectivity index (χ0) is 12.2. The highest BCUT2D eigenvalue weighted by molar-refractivity contribution is 7.89. The van der Waals surface area contributed by atoms with Crippen molar-refractivity contribution < 1.29 is 18.4 Å². The summed E-state index contributed by atoms with van der Waals surface area (Å²) < 4.78 is 25.5. The summed E-state index contributed by atoms with van der Waals surface area (Å²) in [6.07, 6.45) is 0. The number of aryl methyl sites for hydroxylation is 1. The SMILES string of the molecule is Cc1ccccc1S(=O)(=O)NCC(=O)NO. The van der Waals surface area contributed by atoms with Crippen LogP contribution in [-0.2, 0) is 14.8 Å². The van der Waals surface area contributed by atoms with Gasteiger partial charge in [-0.3, -0.25) is 10.0 Å². The fourth-order valence-corrected chi connectivity index (χ4v) is 2.36. The number of carbonyl (C=O) groups excluding carboxylic acids is 1. The monoisotopic (exact) mass is 244 g/mol. The Morgan fingerprint density at radius 3 is 2.56 bits per heavy atom. The third-order valence-corrected chi connectivity index (χ3v) is 3.49. The lowest BCUT2D eigenvalue weighted by Crippen LogP contribution is -2.35. The maximum Gasteiger partial charge on any atom is 0.258 e. The van der Waals surface area contributed by atoms with Gasteiger partial charge in [0.05, 0.1) is 11.4 Å². The molecule has 16 heavy (non-hydrogen) atoms. The van der Waals surface area contributed by atoms with Crippen molar-refractivity contribution in [1.82, 2.24) is 10.2 Å². The zero-order valence-electron chi connectivity index (χ0n) is 8.60. The highest BCUT2D eigenvalue weighted by atomic mass is 32.2. The molecule has 1 amide bonds. The Bertz CT molecular complexity index is 484. The third kappa shape index (κ3) is 3.02. The van der Waals surface area contributed by atoms with Gasteiger partial charge in [0.15, 0.2) is 0 Å². The number of nitrogens with one attached hydrogen (secondary N) is 2. The van der Waals surface area contributed by atoms with Crippen molar-refractivity contribution in [2.45, 2.75) is 11.8 Å². The van der Waals surface area contributed by atoms with Crippen molar-refractivity contribution in [3.63, 3.8) is 0 Å². The molecule has 0 spiro atoms. The van der Waals surface area contributed by atoms with Crippen molar-refractivity contribution in [1.29, 1.82) is 0 Å². The van der Waals surface area contributed by atoms with E-state index >= 15 is 0 Å². The molecule has 0 fully saturated rings. The van der Waals surface area contributed by atoms with Gasteiger partial charge in [0.2, 0.25) is 10.0 Å². The van der Waals surface area contributed by atoms with Crippen LogP contribution in [0.4, 0.5) is 0 Å². The Morgan fingerprint density at radius 1 is 1.38 bits per heavy atom. The molecule has 0 saturated carbocycles. The molecule has 0 bridgehead atoms. The number of amides is 1. The fourth-order valence-electron chi connectivity index (χ4n) is 1.14. The first-order chi connectivity index (χ1) is 7.47. The molecule has 3 N–H and O–H groups in total. The van der Waals surface area contributed by atoms with Gasteiger partial charge >= 0.3 is 0 Å². The van der Waals surface area contributed by atoms with E-state index in [2.05, 4.69) is 4.72 Å². The van der Waals surface area contributed by atoms with E-state index in [9.17, 15) is 13.2 Å². The lowest BCUT2D eigenvalue weighted by Gasteiger charge is -2.07. The molecule has 0 unspecified atom stereocenters. The summed E-state index contributed by atoms with van der Waals surface area (Å²) in [5, 5.41) is 8.22. The Labute approximate surface area is 93.3 Å². The summed E-state index contributed by atoms with van der Waals surface area (Å²) >= 11 is 0. The second-order valence-corrected chi connectivity index (χ2v) is 4.86. The number of sulfonamides is 1. The van der Waals surface area contributed by atoms with Gasteiger partial charge in [-0.2, -0.15) is 0 Å². The summed E-state index contributed by atoms with van der Waals surface area (Å²) in [7, 11) is -3.72. The topological polar surface area (TPSA) is 95.5 Å². The molecule has 0 aromatic heterocycles. The second kappa shape index (κ2) is 5.06. The van der Waals surface area contributed by atoms with Crippen molar-refractivity contribution in [2.75, 3.05) is 6.54 Å². The minimum Gasteiger partial charge on any atom is -0.289 e. The van der Waals surface area contributed by atoms with Gasteiger partial charge in [-0.15, -0.1) is 0 Å². The summed E-state index contributed by atoms with van der Waals surface area (Å²) in [5.41, 5.74) is 1.92. The molecule has 0 aliphatic heterocycles. The van der Waals surface area contributed by atoms with Gasteiger partial charge < -0.3 is 0 Å². The Morgan fingerprint density at radius 2 is 2.00 bits per heavy atom. The first-order valence-electron chi connectivity index (χ1n) is 4.45. The highest BCUT2D eigenvalue weighted by Gasteiger charge is 2.16. The van der Waals surface area contributed by atoms with E-state index in [-0.39, 0.29) is 4.90 Å². The van der Waals surface area contributed by atoms with Crippen LogP contribution in [0, 0.1) is 6.92 Å². The Hall–Kier alpha value is -1.44. The van der Waals surface area contributed by atoms with Crippen LogP contribution in [-0.4, -0.2) is 26.1 Å². The van der Waals surface area contributed by atoms with Gasteiger partial charge in [0.1, 0.15) is 0 Å². The average Bonchev–Trinajstić information content (AvgIpc) is 2.26. The normalized spacial score (nSPS) is 11.1. The molecule has 1 rings (SSSR count). The van der Waals surface area contributed by atoms with Crippen LogP contribution < -0.4 is 10.2 Å². The highest BCUT2D eigenvalue weighted by Crippen LogP contribution is 2.13. The summed E-state index contributed by atoms with van der Waals surface area (Å²) in [6.45, 7) is 1.15. The largest absolute Gasteiger partial charge is 0.289 e. The molecule has 0 aliphatic carbocycles. The molecule has 0 atom stereocenters. The molecule has 0 saturated heterocycles. The standard InChI is InChI=1S/C9H12N2O4S/c1-7-4-2-3-5-8(7)16(14,15)10-6-9(12)11-13/h2-5,10,13H,6H2,1H3,(H,11,12). The van der Waals surface area contributed by atoms with E-state index in [4.69, 9.17) is 5.21 Å². The summed E-state index contributed by atoms with van der Waals surface area (Å²) in [5.74, 6) is -0.822. The lowest BCUT2D eigenvalue weighted by atomic mass is 10.2. The van der Waals surface area contributed by atoms with E-state index in [1.54, 1.807) is 25.1 Å². The van der Waals surface area contributed by atoms with E-state index in [1.807, 2.05) is 0 Å². The number of carbonyl (C=O) groups is 1. The van der Waals surface area contributed by atoms with E-state index < -0.39 is 22.5 Å². The molecule has 0 radical (unpaired) electrons. The van der Waals surface area contributed by atoms with Crippen LogP contribution in [0.2, 0.25) is 0 Å². The van der Waals surface area contributed by atoms with Crippen molar-refractivity contribution in [3.8, 4) is 0 Å². The Balaban J connectivity index is 2.87. The first kappa shape index (κ1) is 12.6. The van der Waals surface area contributed by atoms with Crippen LogP contribution in [0.25, 0.3) is 0 Å². The smallest absolute Gasteiger partial charge is 0.258 e. The second-order valence-electron chi connectivity index (χ2n) is 3.13. The zero-order valence-corrected chi connectivity index (χ0v) is 9.41. The number of rotatable bonds is 4. The predicted molar refractivity (Wildman–Crippen MR) is 56.3 cm³/mol. The molecule has 7 heteroatoms. The average molecular weight is 244 g/mol. The van der Waals surface area contributed by atoms with Crippen LogP contribution in [0.15, 0.2) is 29.2 Å². The van der Waals surface area contributed by atoms with Crippen molar-refractivity contribution >= 4 is 15.9 Å². The molecule has 1 aromatic rings.